The van der Waals surface area contributed by atoms with Crippen LogP contribution in [0.1, 0.15) is 36.8 Å². The lowest BCUT2D eigenvalue weighted by atomic mass is 9.92. The summed E-state index contributed by atoms with van der Waals surface area (Å²) < 4.78 is 20.2. The van der Waals surface area contributed by atoms with Gasteiger partial charge >= 0.3 is 0 Å². The van der Waals surface area contributed by atoms with Crippen molar-refractivity contribution in [2.24, 2.45) is 0 Å². The Hall–Kier alpha value is -2.20. The molecule has 1 amide bonds. The molecule has 0 aromatic heterocycles. The van der Waals surface area contributed by atoms with Crippen LogP contribution in [0.15, 0.2) is 54.6 Å². The van der Waals surface area contributed by atoms with Gasteiger partial charge in [0.15, 0.2) is 0 Å². The molecular weight excluding hydrogens is 329 g/mol. The standard InChI is InChI=1S/C22H24FNO2/c23-20-9-5-4-8-19(20)22(12-13-22)21(25)24-14-10-18(11-15-24)26-16-17-6-2-1-3-7-17/h1-9,18H,10-16H2. The Bertz CT molecular complexity index is 765. The Morgan fingerprint density at radius 2 is 1.69 bits per heavy atom. The lowest BCUT2D eigenvalue weighted by molar-refractivity contribution is -0.136. The number of likely N-dealkylation sites (tertiary alicyclic amines) is 1. The molecule has 26 heavy (non-hydrogen) atoms. The number of hydrogen-bond acceptors (Lipinski definition) is 2. The largest absolute Gasteiger partial charge is 0.373 e. The van der Waals surface area contributed by atoms with Crippen molar-refractivity contribution in [1.29, 1.82) is 0 Å². The van der Waals surface area contributed by atoms with Gasteiger partial charge < -0.3 is 9.64 Å². The average molecular weight is 353 g/mol. The fraction of sp³-hybridized carbons (Fsp3) is 0.409. The summed E-state index contributed by atoms with van der Waals surface area (Å²) in [5.74, 6) is -0.177. The van der Waals surface area contributed by atoms with E-state index >= 15 is 0 Å². The van der Waals surface area contributed by atoms with Crippen LogP contribution in [0.3, 0.4) is 0 Å². The van der Waals surface area contributed by atoms with Crippen LogP contribution in [-0.2, 0) is 21.6 Å². The highest BCUT2D eigenvalue weighted by molar-refractivity contribution is 5.91. The van der Waals surface area contributed by atoms with Crippen LogP contribution in [0, 0.1) is 5.82 Å². The number of amides is 1. The van der Waals surface area contributed by atoms with Crippen LogP contribution in [0.4, 0.5) is 4.39 Å². The van der Waals surface area contributed by atoms with E-state index in [1.807, 2.05) is 29.2 Å². The highest BCUT2D eigenvalue weighted by Gasteiger charge is 2.54. The third-order valence-electron chi connectivity index (χ3n) is 5.61. The maximum absolute atomic E-state index is 14.2. The Morgan fingerprint density at radius 3 is 2.35 bits per heavy atom. The number of benzene rings is 2. The van der Waals surface area contributed by atoms with Gasteiger partial charge in [-0.1, -0.05) is 48.5 Å². The molecule has 0 N–H and O–H groups in total. The van der Waals surface area contributed by atoms with Gasteiger partial charge in [0.1, 0.15) is 5.82 Å². The van der Waals surface area contributed by atoms with E-state index in [0.717, 1.165) is 25.7 Å². The molecule has 1 heterocycles. The van der Waals surface area contributed by atoms with E-state index in [9.17, 15) is 9.18 Å². The summed E-state index contributed by atoms with van der Waals surface area (Å²) in [6, 6.07) is 16.8. The van der Waals surface area contributed by atoms with E-state index in [1.165, 1.54) is 11.6 Å². The van der Waals surface area contributed by atoms with Crippen molar-refractivity contribution in [1.82, 2.24) is 4.90 Å². The molecule has 2 fully saturated rings. The minimum absolute atomic E-state index is 0.0871. The van der Waals surface area contributed by atoms with Crippen LogP contribution in [0.5, 0.6) is 0 Å². The molecule has 0 bridgehead atoms. The number of halogens is 1. The summed E-state index contributed by atoms with van der Waals surface area (Å²) in [6.45, 7) is 1.99. The van der Waals surface area contributed by atoms with Crippen LogP contribution in [0.2, 0.25) is 0 Å². The number of piperidine rings is 1. The van der Waals surface area contributed by atoms with Crippen molar-refractivity contribution in [3.8, 4) is 0 Å². The van der Waals surface area contributed by atoms with Crippen molar-refractivity contribution in [3.63, 3.8) is 0 Å². The summed E-state index contributed by atoms with van der Waals surface area (Å²) in [6.07, 6.45) is 3.36. The molecule has 1 aliphatic carbocycles. The minimum atomic E-state index is -0.622. The lowest BCUT2D eigenvalue weighted by Crippen LogP contribution is -2.45. The molecule has 0 spiro atoms. The summed E-state index contributed by atoms with van der Waals surface area (Å²) in [5, 5.41) is 0. The zero-order chi connectivity index (χ0) is 18.0. The summed E-state index contributed by atoms with van der Waals surface area (Å²) in [7, 11) is 0. The van der Waals surface area contributed by atoms with Gasteiger partial charge in [-0.2, -0.15) is 0 Å². The third kappa shape index (κ3) is 3.38. The predicted octanol–water partition coefficient (Wildman–Crippen LogP) is 4.07. The minimum Gasteiger partial charge on any atom is -0.373 e. The molecular formula is C22H24FNO2. The third-order valence-corrected chi connectivity index (χ3v) is 5.61. The average Bonchev–Trinajstić information content (AvgIpc) is 3.49. The van der Waals surface area contributed by atoms with Gasteiger partial charge in [0, 0.05) is 18.7 Å². The van der Waals surface area contributed by atoms with Crippen LogP contribution >= 0.6 is 0 Å². The first-order valence-electron chi connectivity index (χ1n) is 9.39. The molecule has 0 radical (unpaired) electrons. The molecule has 2 aromatic rings. The van der Waals surface area contributed by atoms with E-state index in [1.54, 1.807) is 12.1 Å². The van der Waals surface area contributed by atoms with Gasteiger partial charge in [-0.15, -0.1) is 0 Å². The number of nitrogens with zero attached hydrogens (tertiary/aromatic N) is 1. The summed E-state index contributed by atoms with van der Waals surface area (Å²) in [5.41, 5.74) is 1.11. The van der Waals surface area contributed by atoms with Gasteiger partial charge in [0.05, 0.1) is 18.1 Å². The van der Waals surface area contributed by atoms with Crippen LogP contribution in [0.25, 0.3) is 0 Å². The second-order valence-corrected chi connectivity index (χ2v) is 7.35. The van der Waals surface area contributed by atoms with E-state index in [-0.39, 0.29) is 17.8 Å². The number of hydrogen-bond donors (Lipinski definition) is 0. The summed E-state index contributed by atoms with van der Waals surface area (Å²) >= 11 is 0. The predicted molar refractivity (Wildman–Crippen MR) is 98.1 cm³/mol. The zero-order valence-corrected chi connectivity index (χ0v) is 14.9. The molecule has 2 aliphatic rings. The van der Waals surface area contributed by atoms with E-state index in [0.29, 0.717) is 25.3 Å². The van der Waals surface area contributed by atoms with E-state index in [2.05, 4.69) is 12.1 Å². The van der Waals surface area contributed by atoms with Gasteiger partial charge in [-0.3, -0.25) is 4.79 Å². The fourth-order valence-electron chi connectivity index (χ4n) is 3.89. The van der Waals surface area contributed by atoms with Gasteiger partial charge in [0.2, 0.25) is 5.91 Å². The van der Waals surface area contributed by atoms with Crippen molar-refractivity contribution < 1.29 is 13.9 Å². The smallest absolute Gasteiger partial charge is 0.233 e. The molecule has 1 saturated heterocycles. The molecule has 0 atom stereocenters. The van der Waals surface area contributed by atoms with Gasteiger partial charge in [-0.05, 0) is 37.3 Å². The maximum Gasteiger partial charge on any atom is 0.233 e. The Labute approximate surface area is 153 Å². The molecule has 2 aromatic carbocycles. The second-order valence-electron chi connectivity index (χ2n) is 7.35. The van der Waals surface area contributed by atoms with Gasteiger partial charge in [0.25, 0.3) is 0 Å². The molecule has 3 nitrogen and oxygen atoms in total. The number of carbonyl (C=O) groups excluding carboxylic acids is 1. The quantitative estimate of drug-likeness (QED) is 0.811. The monoisotopic (exact) mass is 353 g/mol. The van der Waals surface area contributed by atoms with Crippen molar-refractivity contribution in [3.05, 3.63) is 71.5 Å². The Kier molecular flexibility index (Phi) is 4.77. The first kappa shape index (κ1) is 17.2. The molecule has 4 heteroatoms. The Morgan fingerprint density at radius 1 is 1.04 bits per heavy atom. The highest BCUT2D eigenvalue weighted by Crippen LogP contribution is 2.50. The highest BCUT2D eigenvalue weighted by atomic mass is 19.1. The SMILES string of the molecule is O=C(N1CCC(OCc2ccccc2)CC1)C1(c2ccccc2F)CC1. The first-order valence-corrected chi connectivity index (χ1v) is 9.39. The molecule has 1 aliphatic heterocycles. The number of carbonyl (C=O) groups is 1. The Balaban J connectivity index is 1.33. The van der Waals surface area contributed by atoms with E-state index < -0.39 is 5.41 Å². The summed E-state index contributed by atoms with van der Waals surface area (Å²) in [4.78, 5) is 14.9. The van der Waals surface area contributed by atoms with Crippen molar-refractivity contribution in [2.75, 3.05) is 13.1 Å². The number of rotatable bonds is 5. The molecule has 0 unspecified atom stereocenters. The van der Waals surface area contributed by atoms with E-state index in [4.69, 9.17) is 4.74 Å². The van der Waals surface area contributed by atoms with Crippen LogP contribution < -0.4 is 0 Å². The second kappa shape index (κ2) is 7.20. The number of ether oxygens (including phenoxy) is 1. The van der Waals surface area contributed by atoms with Crippen molar-refractivity contribution >= 4 is 5.91 Å². The topological polar surface area (TPSA) is 29.5 Å². The molecule has 1 saturated carbocycles. The van der Waals surface area contributed by atoms with Gasteiger partial charge in [-0.25, -0.2) is 4.39 Å². The van der Waals surface area contributed by atoms with Crippen molar-refractivity contribution in [2.45, 2.75) is 43.8 Å². The lowest BCUT2D eigenvalue weighted by Gasteiger charge is -2.34. The fourth-order valence-corrected chi connectivity index (χ4v) is 3.89. The maximum atomic E-state index is 14.2. The van der Waals surface area contributed by atoms with Crippen LogP contribution in [-0.4, -0.2) is 30.0 Å². The zero-order valence-electron chi connectivity index (χ0n) is 14.9. The first-order chi connectivity index (χ1) is 12.7. The molecule has 136 valence electrons. The molecule has 4 rings (SSSR count). The normalized spacial score (nSPS) is 19.3.